The highest BCUT2D eigenvalue weighted by Gasteiger charge is 2.34. The largest absolute Gasteiger partial charge is 0.321 e. The van der Waals surface area contributed by atoms with Gasteiger partial charge in [-0.1, -0.05) is 29.8 Å². The highest BCUT2D eigenvalue weighted by Crippen LogP contribution is 2.45. The second-order valence-electron chi connectivity index (χ2n) is 7.66. The van der Waals surface area contributed by atoms with E-state index in [4.69, 9.17) is 11.6 Å². The summed E-state index contributed by atoms with van der Waals surface area (Å²) >= 11 is 6.11. The van der Waals surface area contributed by atoms with Crippen molar-refractivity contribution in [2.45, 2.75) is 52.1 Å². The number of carbonyl (C=O) groups excluding carboxylic acids is 1. The summed E-state index contributed by atoms with van der Waals surface area (Å²) in [6, 6.07) is 6.41. The number of halogens is 4. The van der Waals surface area contributed by atoms with Crippen molar-refractivity contribution in [2.24, 2.45) is 0 Å². The molecule has 10 heteroatoms. The number of aromatic nitrogens is 4. The number of nitrogens with zero attached hydrogens (tertiary/aromatic N) is 4. The number of aryl methyl sites for hydroxylation is 1. The van der Waals surface area contributed by atoms with Crippen molar-refractivity contribution in [1.29, 1.82) is 0 Å². The van der Waals surface area contributed by atoms with Crippen LogP contribution in [0.3, 0.4) is 0 Å². The molecule has 1 aromatic carbocycles. The first kappa shape index (κ1) is 21.4. The summed E-state index contributed by atoms with van der Waals surface area (Å²) in [6.07, 6.45) is -1.15. The van der Waals surface area contributed by atoms with Gasteiger partial charge in [-0.25, -0.2) is 13.2 Å². The van der Waals surface area contributed by atoms with Crippen LogP contribution in [0.15, 0.2) is 24.3 Å². The van der Waals surface area contributed by atoms with Crippen LogP contribution in [-0.2, 0) is 17.9 Å². The third-order valence-corrected chi connectivity index (χ3v) is 5.73. The maximum Gasteiger partial charge on any atom is 0.283 e. The third-order valence-electron chi connectivity index (χ3n) is 5.34. The number of benzene rings is 1. The predicted octanol–water partition coefficient (Wildman–Crippen LogP) is 4.99. The molecular formula is C21H21ClF3N5O. The summed E-state index contributed by atoms with van der Waals surface area (Å²) in [4.78, 5) is 12.7. The van der Waals surface area contributed by atoms with E-state index in [0.717, 1.165) is 12.8 Å². The number of carbonyl (C=O) groups is 1. The molecule has 0 bridgehead atoms. The second-order valence-corrected chi connectivity index (χ2v) is 8.04. The van der Waals surface area contributed by atoms with Crippen LogP contribution in [0.2, 0.25) is 5.02 Å². The fraction of sp³-hybridized carbons (Fsp3) is 0.381. The van der Waals surface area contributed by atoms with Crippen molar-refractivity contribution in [3.05, 3.63) is 63.4 Å². The normalized spacial score (nSPS) is 13.8. The van der Waals surface area contributed by atoms with Crippen LogP contribution in [0.4, 0.5) is 18.9 Å². The van der Waals surface area contributed by atoms with Crippen molar-refractivity contribution in [3.63, 3.8) is 0 Å². The number of anilines is 1. The standard InChI is InChI=1S/C21H21ClF3N5O/c1-11-18(12(2)29(27-11)9-14-5-3-4-6-15(14)23)26-16(31)10-30-20(13-7-8-13)17(22)19(28-30)21(24)25/h3-6,13,21H,7-10H2,1-2H3,(H,26,31). The lowest BCUT2D eigenvalue weighted by Crippen LogP contribution is -2.21. The van der Waals surface area contributed by atoms with Gasteiger partial charge in [0.05, 0.1) is 34.3 Å². The number of alkyl halides is 2. The molecule has 164 valence electrons. The molecule has 0 unspecified atom stereocenters. The molecule has 1 aliphatic carbocycles. The van der Waals surface area contributed by atoms with Gasteiger partial charge in [0, 0.05) is 11.5 Å². The molecule has 4 rings (SSSR count). The minimum absolute atomic E-state index is 0.0484. The van der Waals surface area contributed by atoms with E-state index in [-0.39, 0.29) is 29.8 Å². The Morgan fingerprint density at radius 1 is 1.23 bits per heavy atom. The highest BCUT2D eigenvalue weighted by atomic mass is 35.5. The Balaban J connectivity index is 1.53. The Kier molecular flexibility index (Phi) is 5.79. The average Bonchev–Trinajstić information content (AvgIpc) is 3.44. The molecule has 1 fully saturated rings. The zero-order valence-corrected chi connectivity index (χ0v) is 17.8. The highest BCUT2D eigenvalue weighted by molar-refractivity contribution is 6.32. The number of hydrogen-bond acceptors (Lipinski definition) is 3. The van der Waals surface area contributed by atoms with Gasteiger partial charge in [0.2, 0.25) is 5.91 Å². The van der Waals surface area contributed by atoms with Gasteiger partial charge >= 0.3 is 0 Å². The van der Waals surface area contributed by atoms with Crippen molar-refractivity contribution in [3.8, 4) is 0 Å². The third kappa shape index (κ3) is 4.32. The molecule has 2 heterocycles. The molecular weight excluding hydrogens is 431 g/mol. The van der Waals surface area contributed by atoms with E-state index in [2.05, 4.69) is 15.5 Å². The topological polar surface area (TPSA) is 64.7 Å². The van der Waals surface area contributed by atoms with Crippen LogP contribution in [0.5, 0.6) is 0 Å². The van der Waals surface area contributed by atoms with E-state index < -0.39 is 18.0 Å². The molecule has 1 saturated carbocycles. The lowest BCUT2D eigenvalue weighted by Gasteiger charge is -2.09. The van der Waals surface area contributed by atoms with Crippen LogP contribution in [0, 0.1) is 19.7 Å². The molecule has 0 saturated heterocycles. The van der Waals surface area contributed by atoms with E-state index in [1.165, 1.54) is 10.7 Å². The Hall–Kier alpha value is -2.81. The van der Waals surface area contributed by atoms with Crippen molar-refractivity contribution in [1.82, 2.24) is 19.6 Å². The van der Waals surface area contributed by atoms with Gasteiger partial charge in [0.1, 0.15) is 18.1 Å². The fourth-order valence-electron chi connectivity index (χ4n) is 3.61. The summed E-state index contributed by atoms with van der Waals surface area (Å²) in [7, 11) is 0. The van der Waals surface area contributed by atoms with E-state index in [9.17, 15) is 18.0 Å². The SMILES string of the molecule is Cc1nn(Cc2ccccc2F)c(C)c1NC(=O)Cn1nc(C(F)F)c(Cl)c1C1CC1. The zero-order valence-electron chi connectivity index (χ0n) is 17.0. The van der Waals surface area contributed by atoms with Gasteiger partial charge in [-0.05, 0) is 32.8 Å². The van der Waals surface area contributed by atoms with Crippen LogP contribution >= 0.6 is 11.6 Å². The number of amides is 1. The molecule has 0 aliphatic heterocycles. The van der Waals surface area contributed by atoms with Gasteiger partial charge < -0.3 is 5.32 Å². The summed E-state index contributed by atoms with van der Waals surface area (Å²) in [5, 5.41) is 11.0. The number of nitrogens with one attached hydrogen (secondary N) is 1. The Bertz CT molecular complexity index is 1140. The number of hydrogen-bond donors (Lipinski definition) is 1. The van der Waals surface area contributed by atoms with Crippen molar-refractivity contribution in [2.75, 3.05) is 5.32 Å². The van der Waals surface area contributed by atoms with E-state index in [0.29, 0.717) is 28.3 Å². The van der Waals surface area contributed by atoms with Crippen LogP contribution in [0.1, 0.15) is 53.5 Å². The lowest BCUT2D eigenvalue weighted by atomic mass is 10.2. The maximum absolute atomic E-state index is 14.0. The fourth-order valence-corrected chi connectivity index (χ4v) is 3.99. The van der Waals surface area contributed by atoms with Crippen molar-refractivity contribution >= 4 is 23.2 Å². The quantitative estimate of drug-likeness (QED) is 0.550. The van der Waals surface area contributed by atoms with E-state index >= 15 is 0 Å². The Labute approximate surface area is 182 Å². The van der Waals surface area contributed by atoms with Gasteiger partial charge in [-0.15, -0.1) is 0 Å². The predicted molar refractivity (Wildman–Crippen MR) is 110 cm³/mol. The second kappa shape index (κ2) is 8.37. The lowest BCUT2D eigenvalue weighted by molar-refractivity contribution is -0.117. The minimum atomic E-state index is -2.81. The first-order chi connectivity index (χ1) is 14.8. The summed E-state index contributed by atoms with van der Waals surface area (Å²) in [5.41, 5.74) is 2.18. The van der Waals surface area contributed by atoms with Crippen LogP contribution in [0.25, 0.3) is 0 Å². The van der Waals surface area contributed by atoms with E-state index in [1.807, 2.05) is 0 Å². The van der Waals surface area contributed by atoms with Crippen LogP contribution < -0.4 is 5.32 Å². The molecule has 2 aromatic heterocycles. The Morgan fingerprint density at radius 3 is 2.58 bits per heavy atom. The van der Waals surface area contributed by atoms with Crippen LogP contribution in [-0.4, -0.2) is 25.5 Å². The van der Waals surface area contributed by atoms with Gasteiger partial charge in [-0.3, -0.25) is 14.2 Å². The Morgan fingerprint density at radius 2 is 1.94 bits per heavy atom. The molecule has 1 N–H and O–H groups in total. The number of rotatable bonds is 7. The van der Waals surface area contributed by atoms with E-state index in [1.54, 1.807) is 36.7 Å². The smallest absolute Gasteiger partial charge is 0.283 e. The molecule has 6 nitrogen and oxygen atoms in total. The average molecular weight is 452 g/mol. The first-order valence-corrected chi connectivity index (χ1v) is 10.3. The molecule has 0 spiro atoms. The summed E-state index contributed by atoms with van der Waals surface area (Å²) in [5.74, 6) is -0.718. The molecule has 0 radical (unpaired) electrons. The van der Waals surface area contributed by atoms with Gasteiger partial charge in [-0.2, -0.15) is 10.2 Å². The minimum Gasteiger partial charge on any atom is -0.321 e. The first-order valence-electron chi connectivity index (χ1n) is 9.87. The maximum atomic E-state index is 14.0. The molecule has 31 heavy (non-hydrogen) atoms. The van der Waals surface area contributed by atoms with Crippen molar-refractivity contribution < 1.29 is 18.0 Å². The molecule has 1 aliphatic rings. The summed E-state index contributed by atoms with van der Waals surface area (Å²) < 4.78 is 43.3. The zero-order chi connectivity index (χ0) is 22.3. The summed E-state index contributed by atoms with van der Waals surface area (Å²) in [6.45, 7) is 3.48. The monoisotopic (exact) mass is 451 g/mol. The van der Waals surface area contributed by atoms with Gasteiger partial charge in [0.15, 0.2) is 0 Å². The molecule has 1 amide bonds. The molecule has 0 atom stereocenters. The molecule has 3 aromatic rings. The van der Waals surface area contributed by atoms with Gasteiger partial charge in [0.25, 0.3) is 6.43 Å².